The molecule has 2 aromatic carbocycles. The maximum absolute atomic E-state index is 13.3. The van der Waals surface area contributed by atoms with Gasteiger partial charge in [-0.1, -0.05) is 30.3 Å². The number of rotatable bonds is 6. The first-order valence-electron chi connectivity index (χ1n) is 10.8. The SMILES string of the molecule is CC(C(=O)N(CCC#N)c1ccccc1)N1CCC(n2c(=O)[nH]c3ccccc32)CC1. The lowest BCUT2D eigenvalue weighted by molar-refractivity contribution is -0.123. The van der Waals surface area contributed by atoms with Gasteiger partial charge in [0.2, 0.25) is 5.91 Å². The van der Waals surface area contributed by atoms with Crippen molar-refractivity contribution in [2.75, 3.05) is 24.5 Å². The Morgan fingerprint density at radius 2 is 1.84 bits per heavy atom. The molecule has 7 nitrogen and oxygen atoms in total. The Bertz CT molecular complexity index is 1140. The first-order valence-corrected chi connectivity index (χ1v) is 10.8. The zero-order chi connectivity index (χ0) is 21.8. The van der Waals surface area contributed by atoms with Gasteiger partial charge in [-0.3, -0.25) is 14.3 Å². The van der Waals surface area contributed by atoms with Crippen molar-refractivity contribution in [1.29, 1.82) is 5.26 Å². The molecule has 1 aliphatic heterocycles. The van der Waals surface area contributed by atoms with E-state index in [9.17, 15) is 9.59 Å². The summed E-state index contributed by atoms with van der Waals surface area (Å²) in [4.78, 5) is 32.6. The molecule has 4 rings (SSSR count). The van der Waals surface area contributed by atoms with Crippen molar-refractivity contribution < 1.29 is 4.79 Å². The summed E-state index contributed by atoms with van der Waals surface area (Å²) in [7, 11) is 0. The summed E-state index contributed by atoms with van der Waals surface area (Å²) >= 11 is 0. The molecular formula is C24H27N5O2. The van der Waals surface area contributed by atoms with Crippen molar-refractivity contribution in [3.63, 3.8) is 0 Å². The standard InChI is InChI=1S/C24H27N5O2/c1-18(23(30)28(15-7-14-25)19-8-3-2-4-9-19)27-16-12-20(13-17-27)29-22-11-6-5-10-21(22)26-24(29)31/h2-6,8-11,18,20H,7,12-13,15-17H2,1H3,(H,26,31). The molecule has 2 heterocycles. The van der Waals surface area contributed by atoms with E-state index in [1.54, 1.807) is 4.90 Å². The van der Waals surface area contributed by atoms with Gasteiger partial charge in [-0.15, -0.1) is 0 Å². The van der Waals surface area contributed by atoms with Crippen LogP contribution in [0.2, 0.25) is 0 Å². The lowest BCUT2D eigenvalue weighted by Crippen LogP contribution is -2.50. The fourth-order valence-corrected chi connectivity index (χ4v) is 4.49. The Balaban J connectivity index is 1.46. The topological polar surface area (TPSA) is 85.1 Å². The van der Waals surface area contributed by atoms with E-state index < -0.39 is 0 Å². The van der Waals surface area contributed by atoms with Gasteiger partial charge in [-0.2, -0.15) is 5.26 Å². The lowest BCUT2D eigenvalue weighted by atomic mass is 10.0. The molecular weight excluding hydrogens is 390 g/mol. The highest BCUT2D eigenvalue weighted by Crippen LogP contribution is 2.26. The Hall–Kier alpha value is -3.37. The van der Waals surface area contributed by atoms with Gasteiger partial charge in [0.1, 0.15) is 0 Å². The van der Waals surface area contributed by atoms with E-state index in [0.29, 0.717) is 13.0 Å². The molecule has 0 bridgehead atoms. The molecule has 160 valence electrons. The summed E-state index contributed by atoms with van der Waals surface area (Å²) < 4.78 is 1.86. The Morgan fingerprint density at radius 1 is 1.16 bits per heavy atom. The van der Waals surface area contributed by atoms with Gasteiger partial charge in [0.05, 0.1) is 29.6 Å². The number of carbonyl (C=O) groups is 1. The smallest absolute Gasteiger partial charge is 0.310 e. The third-order valence-corrected chi connectivity index (χ3v) is 6.17. The number of carbonyl (C=O) groups excluding carboxylic acids is 1. The number of piperidine rings is 1. The Morgan fingerprint density at radius 3 is 2.55 bits per heavy atom. The first kappa shape index (κ1) is 20.9. The number of hydrogen-bond donors (Lipinski definition) is 1. The molecule has 3 aromatic rings. The monoisotopic (exact) mass is 417 g/mol. The second-order valence-electron chi connectivity index (χ2n) is 7.99. The number of imidazole rings is 1. The predicted molar refractivity (Wildman–Crippen MR) is 121 cm³/mol. The summed E-state index contributed by atoms with van der Waals surface area (Å²) in [6, 6.07) is 19.2. The number of aromatic nitrogens is 2. The second-order valence-corrected chi connectivity index (χ2v) is 7.99. The van der Waals surface area contributed by atoms with Gasteiger partial charge < -0.3 is 9.88 Å². The normalized spacial score (nSPS) is 16.1. The molecule has 31 heavy (non-hydrogen) atoms. The lowest BCUT2D eigenvalue weighted by Gasteiger charge is -2.37. The van der Waals surface area contributed by atoms with Crippen LogP contribution in [0.4, 0.5) is 5.69 Å². The number of nitrogens with zero attached hydrogens (tertiary/aromatic N) is 4. The van der Waals surface area contributed by atoms with Gasteiger partial charge in [-0.25, -0.2) is 4.79 Å². The molecule has 1 fully saturated rings. The summed E-state index contributed by atoms with van der Waals surface area (Å²) in [5.74, 6) is 0.00385. The molecule has 1 amide bonds. The molecule has 0 aliphatic carbocycles. The third-order valence-electron chi connectivity index (χ3n) is 6.17. The number of nitriles is 1. The van der Waals surface area contributed by atoms with Crippen LogP contribution in [0.5, 0.6) is 0 Å². The van der Waals surface area contributed by atoms with Crippen molar-refractivity contribution in [2.24, 2.45) is 0 Å². The highest BCUT2D eigenvalue weighted by molar-refractivity contribution is 5.97. The number of likely N-dealkylation sites (tertiary alicyclic amines) is 1. The average molecular weight is 418 g/mol. The molecule has 1 saturated heterocycles. The molecule has 0 spiro atoms. The van der Waals surface area contributed by atoms with E-state index in [0.717, 1.165) is 42.7 Å². The van der Waals surface area contributed by atoms with Crippen molar-refractivity contribution in [1.82, 2.24) is 14.5 Å². The van der Waals surface area contributed by atoms with E-state index in [4.69, 9.17) is 5.26 Å². The maximum Gasteiger partial charge on any atom is 0.326 e. The minimum absolute atomic E-state index is 0.00385. The summed E-state index contributed by atoms with van der Waals surface area (Å²) in [5, 5.41) is 9.02. The molecule has 1 aliphatic rings. The molecule has 7 heteroatoms. The van der Waals surface area contributed by atoms with Gasteiger partial charge in [0.25, 0.3) is 0 Å². The van der Waals surface area contributed by atoms with E-state index >= 15 is 0 Å². The van der Waals surface area contributed by atoms with E-state index in [1.807, 2.05) is 66.1 Å². The quantitative estimate of drug-likeness (QED) is 0.667. The van der Waals surface area contributed by atoms with Crippen molar-refractivity contribution in [3.8, 4) is 6.07 Å². The largest absolute Gasteiger partial charge is 0.326 e. The van der Waals surface area contributed by atoms with Crippen LogP contribution in [-0.4, -0.2) is 46.0 Å². The number of para-hydroxylation sites is 3. The van der Waals surface area contributed by atoms with Crippen LogP contribution in [0.1, 0.15) is 32.2 Å². The number of amides is 1. The number of anilines is 1. The van der Waals surface area contributed by atoms with Crippen molar-refractivity contribution >= 4 is 22.6 Å². The zero-order valence-electron chi connectivity index (χ0n) is 17.7. The van der Waals surface area contributed by atoms with Crippen LogP contribution in [-0.2, 0) is 4.79 Å². The molecule has 1 N–H and O–H groups in total. The molecule has 1 atom stereocenters. The third kappa shape index (κ3) is 4.25. The molecule has 1 aromatic heterocycles. The minimum atomic E-state index is -0.292. The molecule has 0 radical (unpaired) electrons. The summed E-state index contributed by atoms with van der Waals surface area (Å²) in [6.07, 6.45) is 1.91. The van der Waals surface area contributed by atoms with Crippen molar-refractivity contribution in [2.45, 2.75) is 38.3 Å². The number of hydrogen-bond acceptors (Lipinski definition) is 4. The van der Waals surface area contributed by atoms with Crippen LogP contribution in [0, 0.1) is 11.3 Å². The highest BCUT2D eigenvalue weighted by Gasteiger charge is 2.31. The number of benzene rings is 2. The molecule has 0 saturated carbocycles. The maximum atomic E-state index is 13.3. The van der Waals surface area contributed by atoms with E-state index in [1.165, 1.54) is 0 Å². The minimum Gasteiger partial charge on any atom is -0.310 e. The Labute approximate surface area is 181 Å². The molecule has 1 unspecified atom stereocenters. The number of fused-ring (bicyclic) bond motifs is 1. The summed E-state index contributed by atoms with van der Waals surface area (Å²) in [5.41, 5.74) is 2.53. The number of nitrogens with one attached hydrogen (secondary N) is 1. The van der Waals surface area contributed by atoms with Crippen molar-refractivity contribution in [3.05, 3.63) is 65.1 Å². The zero-order valence-corrected chi connectivity index (χ0v) is 17.7. The van der Waals surface area contributed by atoms with Crippen LogP contribution in [0.3, 0.4) is 0 Å². The first-order chi connectivity index (χ1) is 15.1. The number of H-pyrrole nitrogens is 1. The van der Waals surface area contributed by atoms with Gasteiger partial charge >= 0.3 is 5.69 Å². The van der Waals surface area contributed by atoms with Crippen LogP contribution < -0.4 is 10.6 Å². The van der Waals surface area contributed by atoms with E-state index in [2.05, 4.69) is 16.0 Å². The van der Waals surface area contributed by atoms with Crippen LogP contribution >= 0.6 is 0 Å². The average Bonchev–Trinajstić information content (AvgIpc) is 3.15. The Kier molecular flexibility index (Phi) is 6.19. The summed E-state index contributed by atoms with van der Waals surface area (Å²) in [6.45, 7) is 3.79. The van der Waals surface area contributed by atoms with E-state index in [-0.39, 0.29) is 23.7 Å². The fraction of sp³-hybridized carbons (Fsp3) is 0.375. The van der Waals surface area contributed by atoms with Gasteiger partial charge in [0.15, 0.2) is 0 Å². The van der Waals surface area contributed by atoms with Crippen LogP contribution in [0.15, 0.2) is 59.4 Å². The van der Waals surface area contributed by atoms with Crippen LogP contribution in [0.25, 0.3) is 11.0 Å². The van der Waals surface area contributed by atoms with Gasteiger partial charge in [-0.05, 0) is 44.0 Å². The number of aromatic amines is 1. The van der Waals surface area contributed by atoms with Gasteiger partial charge in [0, 0.05) is 31.4 Å². The highest BCUT2D eigenvalue weighted by atomic mass is 16.2. The second kappa shape index (κ2) is 9.19. The predicted octanol–water partition coefficient (Wildman–Crippen LogP) is 3.30. The fourth-order valence-electron chi connectivity index (χ4n) is 4.49.